The zero-order valence-corrected chi connectivity index (χ0v) is 8.44. The smallest absolute Gasteiger partial charge is 0.296 e. The Balaban J connectivity index is 3.18. The van der Waals surface area contributed by atoms with Crippen molar-refractivity contribution in [1.82, 2.24) is 0 Å². The summed E-state index contributed by atoms with van der Waals surface area (Å²) in [5.74, 6) is -3.39. The number of hydrogen-bond acceptors (Lipinski definition) is 1. The molecular weight excluding hydrogens is 242 g/mol. The molecule has 0 radical (unpaired) electrons. The van der Waals surface area contributed by atoms with Crippen LogP contribution in [0.15, 0.2) is 22.7 Å². The van der Waals surface area contributed by atoms with E-state index in [9.17, 15) is 13.6 Å². The van der Waals surface area contributed by atoms with E-state index in [4.69, 9.17) is 0 Å². The zero-order valence-electron chi connectivity index (χ0n) is 6.85. The molecule has 0 saturated carbocycles. The van der Waals surface area contributed by atoms with Crippen LogP contribution in [-0.2, 0) is 10.7 Å². The molecule has 1 rings (SSSR count). The van der Waals surface area contributed by atoms with Gasteiger partial charge in [0.25, 0.3) is 0 Å². The SMILES string of the molecule is Cc1ccc(C(F)(F)C=O)cc1Br. The first-order valence-electron chi connectivity index (χ1n) is 3.58. The Hall–Kier alpha value is -0.770. The van der Waals surface area contributed by atoms with Crippen molar-refractivity contribution in [3.05, 3.63) is 33.8 Å². The number of carbonyl (C=O) groups excluding carboxylic acids is 1. The number of benzene rings is 1. The Kier molecular flexibility index (Phi) is 2.81. The summed E-state index contributed by atoms with van der Waals surface area (Å²) in [4.78, 5) is 10.1. The van der Waals surface area contributed by atoms with Gasteiger partial charge in [-0.2, -0.15) is 8.78 Å². The maximum Gasteiger partial charge on any atom is 0.327 e. The molecule has 0 N–H and O–H groups in total. The standard InChI is InChI=1S/C9H7BrF2O/c1-6-2-3-7(4-8(6)10)9(11,12)5-13/h2-5H,1H3. The van der Waals surface area contributed by atoms with E-state index in [2.05, 4.69) is 15.9 Å². The largest absolute Gasteiger partial charge is 0.327 e. The minimum absolute atomic E-state index is 0.292. The molecule has 0 bridgehead atoms. The number of aldehydes is 1. The van der Waals surface area contributed by atoms with E-state index in [1.54, 1.807) is 6.92 Å². The minimum atomic E-state index is -3.39. The monoisotopic (exact) mass is 248 g/mol. The number of carbonyl (C=O) groups is 1. The molecule has 1 aromatic carbocycles. The van der Waals surface area contributed by atoms with Crippen LogP contribution in [0, 0.1) is 6.92 Å². The lowest BCUT2D eigenvalue weighted by Gasteiger charge is -2.09. The van der Waals surface area contributed by atoms with Crippen molar-refractivity contribution in [3.63, 3.8) is 0 Å². The number of alkyl halides is 2. The number of rotatable bonds is 2. The molecule has 13 heavy (non-hydrogen) atoms. The lowest BCUT2D eigenvalue weighted by atomic mass is 10.1. The first-order chi connectivity index (χ1) is 5.97. The quantitative estimate of drug-likeness (QED) is 0.736. The van der Waals surface area contributed by atoms with Gasteiger partial charge in [-0.3, -0.25) is 4.79 Å². The molecule has 1 aromatic rings. The molecule has 0 aromatic heterocycles. The molecule has 0 amide bonds. The first-order valence-corrected chi connectivity index (χ1v) is 4.37. The Morgan fingerprint density at radius 2 is 2.08 bits per heavy atom. The topological polar surface area (TPSA) is 17.1 Å². The Bertz CT molecular complexity index is 336. The predicted molar refractivity (Wildman–Crippen MR) is 48.8 cm³/mol. The third-order valence-corrected chi connectivity index (χ3v) is 2.56. The van der Waals surface area contributed by atoms with Crippen LogP contribution in [0.4, 0.5) is 8.78 Å². The van der Waals surface area contributed by atoms with Gasteiger partial charge in [0.2, 0.25) is 0 Å². The number of aryl methyl sites for hydroxylation is 1. The van der Waals surface area contributed by atoms with Gasteiger partial charge in [-0.05, 0) is 18.6 Å². The summed E-state index contributed by atoms with van der Waals surface area (Å²) in [5.41, 5.74) is 0.561. The van der Waals surface area contributed by atoms with Crippen LogP contribution in [0.2, 0.25) is 0 Å². The summed E-state index contributed by atoms with van der Waals surface area (Å²) in [6.07, 6.45) is -0.357. The van der Waals surface area contributed by atoms with Crippen LogP contribution in [0.3, 0.4) is 0 Å². The highest BCUT2D eigenvalue weighted by atomic mass is 79.9. The summed E-state index contributed by atoms with van der Waals surface area (Å²) in [7, 11) is 0. The molecule has 0 aliphatic carbocycles. The summed E-state index contributed by atoms with van der Waals surface area (Å²) in [6.45, 7) is 1.78. The van der Waals surface area contributed by atoms with E-state index in [1.807, 2.05) is 0 Å². The van der Waals surface area contributed by atoms with Crippen molar-refractivity contribution in [3.8, 4) is 0 Å². The summed E-state index contributed by atoms with van der Waals surface area (Å²) in [5, 5.41) is 0. The molecule has 0 atom stereocenters. The predicted octanol–water partition coefficient (Wildman–Crippen LogP) is 3.05. The molecule has 0 heterocycles. The van der Waals surface area contributed by atoms with Crippen LogP contribution in [-0.4, -0.2) is 6.29 Å². The molecule has 1 nitrogen and oxygen atoms in total. The molecule has 0 aliphatic rings. The Morgan fingerprint density at radius 3 is 2.54 bits per heavy atom. The van der Waals surface area contributed by atoms with Crippen LogP contribution < -0.4 is 0 Å². The van der Waals surface area contributed by atoms with Crippen molar-refractivity contribution in [1.29, 1.82) is 0 Å². The Morgan fingerprint density at radius 1 is 1.46 bits per heavy atom. The van der Waals surface area contributed by atoms with Gasteiger partial charge in [0, 0.05) is 10.0 Å². The van der Waals surface area contributed by atoms with Gasteiger partial charge in [0.05, 0.1) is 0 Å². The van der Waals surface area contributed by atoms with Gasteiger partial charge in [-0.1, -0.05) is 28.1 Å². The zero-order chi connectivity index (χ0) is 10.1. The second kappa shape index (κ2) is 3.54. The van der Waals surface area contributed by atoms with E-state index in [-0.39, 0.29) is 11.8 Å². The van der Waals surface area contributed by atoms with Crippen LogP contribution in [0.1, 0.15) is 11.1 Å². The summed E-state index contributed by atoms with van der Waals surface area (Å²) in [6, 6.07) is 4.04. The minimum Gasteiger partial charge on any atom is -0.296 e. The molecule has 0 spiro atoms. The van der Waals surface area contributed by atoms with E-state index in [0.717, 1.165) is 5.56 Å². The second-order valence-corrected chi connectivity index (χ2v) is 3.56. The normalized spacial score (nSPS) is 11.4. The highest BCUT2D eigenvalue weighted by molar-refractivity contribution is 9.10. The van der Waals surface area contributed by atoms with Crippen LogP contribution in [0.25, 0.3) is 0 Å². The second-order valence-electron chi connectivity index (χ2n) is 2.70. The molecule has 4 heteroatoms. The third kappa shape index (κ3) is 2.12. The van der Waals surface area contributed by atoms with Crippen molar-refractivity contribution in [2.45, 2.75) is 12.8 Å². The molecule has 0 fully saturated rings. The van der Waals surface area contributed by atoms with Crippen molar-refractivity contribution < 1.29 is 13.6 Å². The average Bonchev–Trinajstić information content (AvgIpc) is 2.09. The van der Waals surface area contributed by atoms with Gasteiger partial charge >= 0.3 is 5.92 Å². The van der Waals surface area contributed by atoms with Crippen molar-refractivity contribution >= 4 is 22.2 Å². The van der Waals surface area contributed by atoms with E-state index < -0.39 is 5.92 Å². The van der Waals surface area contributed by atoms with Crippen LogP contribution >= 0.6 is 15.9 Å². The molecule has 0 saturated heterocycles. The highest BCUT2D eigenvalue weighted by Crippen LogP contribution is 2.28. The molecule has 0 unspecified atom stereocenters. The lowest BCUT2D eigenvalue weighted by Crippen LogP contribution is -2.14. The fraction of sp³-hybridized carbons (Fsp3) is 0.222. The van der Waals surface area contributed by atoms with Gasteiger partial charge in [-0.25, -0.2) is 0 Å². The van der Waals surface area contributed by atoms with Gasteiger partial charge < -0.3 is 0 Å². The fourth-order valence-electron chi connectivity index (χ4n) is 0.868. The first kappa shape index (κ1) is 10.3. The van der Waals surface area contributed by atoms with Crippen molar-refractivity contribution in [2.24, 2.45) is 0 Å². The van der Waals surface area contributed by atoms with E-state index in [1.165, 1.54) is 18.2 Å². The maximum atomic E-state index is 12.8. The van der Waals surface area contributed by atoms with Gasteiger partial charge in [0.1, 0.15) is 0 Å². The lowest BCUT2D eigenvalue weighted by molar-refractivity contribution is -0.130. The summed E-state index contributed by atoms with van der Waals surface area (Å²) >= 11 is 3.12. The number of halogens is 3. The average molecular weight is 249 g/mol. The van der Waals surface area contributed by atoms with E-state index in [0.29, 0.717) is 4.47 Å². The van der Waals surface area contributed by atoms with E-state index >= 15 is 0 Å². The molecule has 70 valence electrons. The Labute approximate surface area is 82.9 Å². The number of hydrogen-bond donors (Lipinski definition) is 0. The fourth-order valence-corrected chi connectivity index (χ4v) is 1.25. The van der Waals surface area contributed by atoms with Crippen LogP contribution in [0.5, 0.6) is 0 Å². The van der Waals surface area contributed by atoms with Crippen molar-refractivity contribution in [2.75, 3.05) is 0 Å². The van der Waals surface area contributed by atoms with Gasteiger partial charge in [0.15, 0.2) is 6.29 Å². The molecular formula is C9H7BrF2O. The van der Waals surface area contributed by atoms with Gasteiger partial charge in [-0.15, -0.1) is 0 Å². The molecule has 0 aliphatic heterocycles. The summed E-state index contributed by atoms with van der Waals surface area (Å²) < 4.78 is 26.2. The highest BCUT2D eigenvalue weighted by Gasteiger charge is 2.30. The maximum absolute atomic E-state index is 12.8. The third-order valence-electron chi connectivity index (χ3n) is 1.70.